The van der Waals surface area contributed by atoms with Crippen molar-refractivity contribution in [1.82, 2.24) is 9.55 Å². The van der Waals surface area contributed by atoms with Gasteiger partial charge in [-0.3, -0.25) is 4.57 Å². The first-order valence-electron chi connectivity index (χ1n) is 15.7. The van der Waals surface area contributed by atoms with Gasteiger partial charge in [0.2, 0.25) is 0 Å². The average Bonchev–Trinajstić information content (AvgIpc) is 3.49. The maximum atomic E-state index is 5.05. The van der Waals surface area contributed by atoms with Crippen LogP contribution in [0.4, 0.5) is 0 Å². The second-order valence-electron chi connectivity index (χ2n) is 12.8. The van der Waals surface area contributed by atoms with Gasteiger partial charge in [-0.15, -0.1) is 0 Å². The number of rotatable bonds is 5. The summed E-state index contributed by atoms with van der Waals surface area (Å²) in [5.74, 6) is 1.06. The zero-order valence-electron chi connectivity index (χ0n) is 25.8. The van der Waals surface area contributed by atoms with Crippen molar-refractivity contribution in [2.24, 2.45) is 0 Å². The summed E-state index contributed by atoms with van der Waals surface area (Å²) >= 11 is 0. The zero-order chi connectivity index (χ0) is 30.5. The van der Waals surface area contributed by atoms with Gasteiger partial charge in [0.25, 0.3) is 0 Å². The van der Waals surface area contributed by atoms with Crippen LogP contribution in [0.1, 0.15) is 5.82 Å². The third-order valence-electron chi connectivity index (χ3n) is 8.86. The van der Waals surface area contributed by atoms with Crippen LogP contribution in [0.25, 0.3) is 71.6 Å². The number of hydrogen-bond acceptors (Lipinski definition) is 1. The van der Waals surface area contributed by atoms with E-state index in [0.717, 1.165) is 22.5 Å². The molecule has 0 atom stereocenters. The van der Waals surface area contributed by atoms with Crippen LogP contribution in [0, 0.1) is 0 Å². The first kappa shape index (κ1) is 27.3. The van der Waals surface area contributed by atoms with Crippen LogP contribution >= 0.6 is 0 Å². The van der Waals surface area contributed by atoms with Crippen LogP contribution in [0.5, 0.6) is 0 Å². The van der Waals surface area contributed by atoms with Gasteiger partial charge in [-0.05, 0) is 79.2 Å². The summed E-state index contributed by atoms with van der Waals surface area (Å²) < 4.78 is 2.32. The molecule has 0 bridgehead atoms. The maximum absolute atomic E-state index is 5.05. The van der Waals surface area contributed by atoms with Gasteiger partial charge < -0.3 is 0 Å². The number of aromatic nitrogens is 2. The van der Waals surface area contributed by atoms with Gasteiger partial charge in [-0.25, -0.2) is 4.98 Å². The predicted octanol–water partition coefficient (Wildman–Crippen LogP) is 7.34. The lowest BCUT2D eigenvalue weighted by atomic mass is 9.42. The molecular formula is C40H31B3N2. The van der Waals surface area contributed by atoms with Crippen LogP contribution in [0.2, 0.25) is 0 Å². The molecule has 0 N–H and O–H groups in total. The first-order chi connectivity index (χ1) is 22.0. The van der Waals surface area contributed by atoms with Gasteiger partial charge in [0, 0.05) is 5.69 Å². The van der Waals surface area contributed by atoms with Crippen molar-refractivity contribution in [2.75, 3.05) is 0 Å². The molecule has 8 rings (SSSR count). The zero-order valence-corrected chi connectivity index (χ0v) is 25.8. The van der Waals surface area contributed by atoms with Crippen LogP contribution < -0.4 is 0 Å². The molecule has 7 aromatic carbocycles. The van der Waals surface area contributed by atoms with E-state index in [2.05, 4.69) is 180 Å². The minimum atomic E-state index is -0.0980. The van der Waals surface area contributed by atoms with E-state index in [1.807, 2.05) is 0 Å². The fourth-order valence-electron chi connectivity index (χ4n) is 6.78. The molecule has 0 aliphatic rings. The Balaban J connectivity index is 1.30. The fraction of sp³-hybridized carbons (Fsp3) is 0.0250. The van der Waals surface area contributed by atoms with Crippen molar-refractivity contribution < 1.29 is 0 Å². The molecule has 2 nitrogen and oxygen atoms in total. The van der Waals surface area contributed by atoms with Crippen molar-refractivity contribution in [3.05, 3.63) is 157 Å². The van der Waals surface area contributed by atoms with E-state index in [1.54, 1.807) is 0 Å². The normalized spacial score (nSPS) is 11.8. The molecule has 8 aromatic rings. The van der Waals surface area contributed by atoms with Gasteiger partial charge in [-0.1, -0.05) is 133 Å². The number of imidazole rings is 1. The Bertz CT molecular complexity index is 2280. The molecule has 1 heterocycles. The van der Waals surface area contributed by atoms with Gasteiger partial charge in [0.05, 0.1) is 40.4 Å². The number of hydrogen-bond donors (Lipinski definition) is 0. The van der Waals surface area contributed by atoms with Crippen molar-refractivity contribution in [3.8, 4) is 39.1 Å². The molecule has 0 radical (unpaired) electrons. The Hall–Kier alpha value is -5.28. The van der Waals surface area contributed by atoms with Gasteiger partial charge in [-0.2, -0.15) is 0 Å². The molecule has 0 saturated heterocycles. The largest absolute Gasteiger partial charge is 0.298 e. The van der Waals surface area contributed by atoms with E-state index < -0.39 is 0 Å². The summed E-state index contributed by atoms with van der Waals surface area (Å²) in [6.07, 6.45) is 0. The second-order valence-corrected chi connectivity index (χ2v) is 12.8. The number of benzene rings is 7. The molecule has 0 unspecified atom stereocenters. The number of para-hydroxylation sites is 2. The minimum Gasteiger partial charge on any atom is -0.298 e. The Morgan fingerprint density at radius 3 is 1.38 bits per heavy atom. The lowest BCUT2D eigenvalue weighted by Gasteiger charge is -2.21. The highest BCUT2D eigenvalue weighted by molar-refractivity contribution is 6.58. The van der Waals surface area contributed by atoms with Gasteiger partial charge in [0.15, 0.2) is 0 Å². The summed E-state index contributed by atoms with van der Waals surface area (Å²) in [6, 6.07) is 54.8. The fourth-order valence-corrected chi connectivity index (χ4v) is 6.78. The molecule has 0 aliphatic carbocycles. The highest BCUT2D eigenvalue weighted by Crippen LogP contribution is 2.44. The van der Waals surface area contributed by atoms with E-state index in [0.29, 0.717) is 0 Å². The quantitative estimate of drug-likeness (QED) is 0.156. The van der Waals surface area contributed by atoms with E-state index >= 15 is 0 Å². The standard InChI is InChI=1S/C40H31B3N2/c41-40(42,43)39-44-35-16-8-9-17-36(35)45(39)30-24-22-29(23-25-30)38-33-14-6-4-12-31(33)37(32-13-5-7-15-34(32)38)28-20-18-27(19-21-28)26-10-2-1-3-11-26/h1-25H,41-43H2. The Labute approximate surface area is 266 Å². The monoisotopic (exact) mass is 572 g/mol. The molecule has 210 valence electrons. The summed E-state index contributed by atoms with van der Waals surface area (Å²) in [5.41, 5.74) is 10.7. The van der Waals surface area contributed by atoms with Crippen molar-refractivity contribution in [3.63, 3.8) is 0 Å². The molecule has 0 saturated carbocycles. The number of fused-ring (bicyclic) bond motifs is 3. The van der Waals surface area contributed by atoms with E-state index in [4.69, 9.17) is 4.98 Å². The molecule has 1 aromatic heterocycles. The second kappa shape index (κ2) is 10.7. The van der Waals surface area contributed by atoms with Crippen LogP contribution in [0.3, 0.4) is 0 Å². The van der Waals surface area contributed by atoms with Gasteiger partial charge in [0.1, 0.15) is 0 Å². The molecule has 45 heavy (non-hydrogen) atoms. The minimum absolute atomic E-state index is 0.0980. The van der Waals surface area contributed by atoms with Crippen LogP contribution in [-0.4, -0.2) is 33.1 Å². The molecule has 0 amide bonds. The van der Waals surface area contributed by atoms with Crippen LogP contribution in [-0.2, 0) is 5.11 Å². The van der Waals surface area contributed by atoms with Crippen molar-refractivity contribution in [1.29, 1.82) is 0 Å². The lowest BCUT2D eigenvalue weighted by molar-refractivity contribution is 0.929. The molecule has 0 aliphatic heterocycles. The maximum Gasteiger partial charge on any atom is 0.0994 e. The van der Waals surface area contributed by atoms with Crippen molar-refractivity contribution >= 4 is 56.1 Å². The highest BCUT2D eigenvalue weighted by atomic mass is 15.1. The van der Waals surface area contributed by atoms with E-state index in [1.165, 1.54) is 54.9 Å². The molecular weight excluding hydrogens is 541 g/mol. The Kier molecular flexibility index (Phi) is 6.50. The Morgan fingerprint density at radius 2 is 0.844 bits per heavy atom. The van der Waals surface area contributed by atoms with Crippen molar-refractivity contribution in [2.45, 2.75) is 5.11 Å². The number of nitrogens with zero attached hydrogens (tertiary/aromatic N) is 2. The lowest BCUT2D eigenvalue weighted by Crippen LogP contribution is -2.31. The van der Waals surface area contributed by atoms with E-state index in [9.17, 15) is 0 Å². The van der Waals surface area contributed by atoms with Gasteiger partial charge >= 0.3 is 0 Å². The molecule has 0 fully saturated rings. The third kappa shape index (κ3) is 4.67. The SMILES string of the molecule is BC(B)(B)c1nc2ccccc2n1-c1ccc(-c2c3ccccc3c(-c3ccc(-c4ccccc4)cc3)c3ccccc23)cc1. The smallest absolute Gasteiger partial charge is 0.0994 e. The molecule has 0 spiro atoms. The summed E-state index contributed by atoms with van der Waals surface area (Å²) in [4.78, 5) is 5.05. The first-order valence-corrected chi connectivity index (χ1v) is 15.7. The summed E-state index contributed by atoms with van der Waals surface area (Å²) in [5, 5.41) is 4.94. The molecule has 5 heteroatoms. The highest BCUT2D eigenvalue weighted by Gasteiger charge is 2.24. The van der Waals surface area contributed by atoms with Crippen LogP contribution in [0.15, 0.2) is 152 Å². The average molecular weight is 572 g/mol. The Morgan fingerprint density at radius 1 is 0.422 bits per heavy atom. The summed E-state index contributed by atoms with van der Waals surface area (Å²) in [7, 11) is 6.69. The topological polar surface area (TPSA) is 17.8 Å². The van der Waals surface area contributed by atoms with E-state index in [-0.39, 0.29) is 5.11 Å². The third-order valence-corrected chi connectivity index (χ3v) is 8.86. The summed E-state index contributed by atoms with van der Waals surface area (Å²) in [6.45, 7) is 0. The predicted molar refractivity (Wildman–Crippen MR) is 200 cm³/mol.